The molecule has 96 valence electrons. The SMILES string of the molecule is CCC1NC(=O)CCN(Cc2ncccn2)C1=O. The molecule has 1 fully saturated rings. The van der Waals surface area contributed by atoms with Crippen LogP contribution in [-0.4, -0.2) is 39.3 Å². The molecule has 0 aliphatic carbocycles. The number of hydrogen-bond donors (Lipinski definition) is 1. The molecule has 0 saturated carbocycles. The van der Waals surface area contributed by atoms with Crippen LogP contribution < -0.4 is 5.32 Å². The number of carbonyl (C=O) groups is 2. The zero-order chi connectivity index (χ0) is 13.0. The summed E-state index contributed by atoms with van der Waals surface area (Å²) in [5.74, 6) is 0.456. The fourth-order valence-corrected chi connectivity index (χ4v) is 1.91. The molecule has 0 spiro atoms. The molecule has 1 aromatic rings. The van der Waals surface area contributed by atoms with Crippen LogP contribution in [0.4, 0.5) is 0 Å². The smallest absolute Gasteiger partial charge is 0.245 e. The van der Waals surface area contributed by atoms with E-state index in [0.29, 0.717) is 31.8 Å². The van der Waals surface area contributed by atoms with Gasteiger partial charge in [0.2, 0.25) is 11.8 Å². The van der Waals surface area contributed by atoms with Crippen molar-refractivity contribution >= 4 is 11.8 Å². The lowest BCUT2D eigenvalue weighted by atomic mass is 10.2. The zero-order valence-electron chi connectivity index (χ0n) is 10.3. The van der Waals surface area contributed by atoms with Crippen molar-refractivity contribution in [3.05, 3.63) is 24.3 Å². The number of rotatable bonds is 3. The standard InChI is InChI=1S/C12H16N4O2/c1-2-9-12(18)16(7-4-11(17)15-9)8-10-13-5-3-6-14-10/h3,5-6,9H,2,4,7-8H2,1H3,(H,15,17). The molecule has 1 unspecified atom stereocenters. The molecule has 0 bridgehead atoms. The minimum Gasteiger partial charge on any atom is -0.344 e. The van der Waals surface area contributed by atoms with E-state index < -0.39 is 6.04 Å². The van der Waals surface area contributed by atoms with E-state index in [2.05, 4.69) is 15.3 Å². The van der Waals surface area contributed by atoms with Gasteiger partial charge in [0.25, 0.3) is 0 Å². The van der Waals surface area contributed by atoms with Crippen LogP contribution in [0.1, 0.15) is 25.6 Å². The van der Waals surface area contributed by atoms with Crippen molar-refractivity contribution in [1.82, 2.24) is 20.2 Å². The third-order valence-electron chi connectivity index (χ3n) is 2.91. The van der Waals surface area contributed by atoms with Gasteiger partial charge in [0.1, 0.15) is 11.9 Å². The molecule has 0 aromatic carbocycles. The summed E-state index contributed by atoms with van der Waals surface area (Å²) in [6, 6.07) is 1.30. The van der Waals surface area contributed by atoms with E-state index in [4.69, 9.17) is 0 Å². The van der Waals surface area contributed by atoms with E-state index in [9.17, 15) is 9.59 Å². The third-order valence-corrected chi connectivity index (χ3v) is 2.91. The third kappa shape index (κ3) is 2.82. The van der Waals surface area contributed by atoms with Crippen molar-refractivity contribution in [2.24, 2.45) is 0 Å². The summed E-state index contributed by atoms with van der Waals surface area (Å²) in [5.41, 5.74) is 0. The van der Waals surface area contributed by atoms with Crippen molar-refractivity contribution in [3.8, 4) is 0 Å². The second-order valence-corrected chi connectivity index (χ2v) is 4.20. The van der Waals surface area contributed by atoms with Crippen LogP contribution in [0.5, 0.6) is 0 Å². The van der Waals surface area contributed by atoms with Gasteiger partial charge in [0.05, 0.1) is 6.54 Å². The van der Waals surface area contributed by atoms with Crippen LogP contribution >= 0.6 is 0 Å². The highest BCUT2D eigenvalue weighted by atomic mass is 16.2. The molecule has 6 heteroatoms. The second-order valence-electron chi connectivity index (χ2n) is 4.20. The molecule has 2 rings (SSSR count). The quantitative estimate of drug-likeness (QED) is 0.823. The van der Waals surface area contributed by atoms with E-state index in [1.165, 1.54) is 0 Å². The van der Waals surface area contributed by atoms with Gasteiger partial charge in [-0.2, -0.15) is 0 Å². The number of hydrogen-bond acceptors (Lipinski definition) is 4. The fourth-order valence-electron chi connectivity index (χ4n) is 1.91. The van der Waals surface area contributed by atoms with Crippen LogP contribution in [0.25, 0.3) is 0 Å². The van der Waals surface area contributed by atoms with E-state index in [-0.39, 0.29) is 11.8 Å². The number of nitrogens with zero attached hydrogens (tertiary/aromatic N) is 3. The molecular formula is C12H16N4O2. The summed E-state index contributed by atoms with van der Waals surface area (Å²) in [4.78, 5) is 33.5. The molecule has 1 atom stereocenters. The Bertz CT molecular complexity index is 435. The minimum absolute atomic E-state index is 0.0594. The Hall–Kier alpha value is -1.98. The minimum atomic E-state index is -0.427. The van der Waals surface area contributed by atoms with Crippen LogP contribution in [0.15, 0.2) is 18.5 Å². The van der Waals surface area contributed by atoms with E-state index in [0.717, 1.165) is 0 Å². The first-order chi connectivity index (χ1) is 8.70. The summed E-state index contributed by atoms with van der Waals surface area (Å²) in [6.45, 7) is 2.65. The maximum absolute atomic E-state index is 12.2. The van der Waals surface area contributed by atoms with Crippen molar-refractivity contribution < 1.29 is 9.59 Å². The van der Waals surface area contributed by atoms with E-state index in [1.807, 2.05) is 6.92 Å². The van der Waals surface area contributed by atoms with Crippen molar-refractivity contribution in [3.63, 3.8) is 0 Å². The topological polar surface area (TPSA) is 75.2 Å². The Kier molecular flexibility index (Phi) is 3.86. The predicted octanol–water partition coefficient (Wildman–Crippen LogP) is 0.104. The summed E-state index contributed by atoms with van der Waals surface area (Å²) >= 11 is 0. The maximum atomic E-state index is 12.2. The molecule has 1 saturated heterocycles. The lowest BCUT2D eigenvalue weighted by Crippen LogP contribution is -2.44. The van der Waals surface area contributed by atoms with Crippen LogP contribution in [0.3, 0.4) is 0 Å². The highest BCUT2D eigenvalue weighted by molar-refractivity contribution is 5.89. The highest BCUT2D eigenvalue weighted by Gasteiger charge is 2.28. The van der Waals surface area contributed by atoms with Gasteiger partial charge >= 0.3 is 0 Å². The Labute approximate surface area is 105 Å². The molecule has 1 N–H and O–H groups in total. The molecule has 1 aromatic heterocycles. The van der Waals surface area contributed by atoms with Gasteiger partial charge in [0, 0.05) is 25.4 Å². The summed E-state index contributed by atoms with van der Waals surface area (Å²) < 4.78 is 0. The van der Waals surface area contributed by atoms with E-state index in [1.54, 1.807) is 23.4 Å². The number of aromatic nitrogens is 2. The number of carbonyl (C=O) groups excluding carboxylic acids is 2. The largest absolute Gasteiger partial charge is 0.344 e. The maximum Gasteiger partial charge on any atom is 0.245 e. The van der Waals surface area contributed by atoms with Gasteiger partial charge in [-0.3, -0.25) is 9.59 Å². The van der Waals surface area contributed by atoms with Crippen LogP contribution in [-0.2, 0) is 16.1 Å². The van der Waals surface area contributed by atoms with Gasteiger partial charge in [-0.25, -0.2) is 9.97 Å². The molecule has 2 amide bonds. The first-order valence-electron chi connectivity index (χ1n) is 6.04. The first kappa shape index (κ1) is 12.5. The average molecular weight is 248 g/mol. The van der Waals surface area contributed by atoms with Crippen molar-refractivity contribution in [2.45, 2.75) is 32.4 Å². The van der Waals surface area contributed by atoms with Crippen molar-refractivity contribution in [2.75, 3.05) is 6.54 Å². The van der Waals surface area contributed by atoms with Gasteiger partial charge < -0.3 is 10.2 Å². The van der Waals surface area contributed by atoms with Gasteiger partial charge in [-0.05, 0) is 12.5 Å². The van der Waals surface area contributed by atoms with Crippen molar-refractivity contribution in [1.29, 1.82) is 0 Å². The Balaban J connectivity index is 2.11. The van der Waals surface area contributed by atoms with E-state index >= 15 is 0 Å². The predicted molar refractivity (Wildman–Crippen MR) is 64.3 cm³/mol. The molecule has 6 nitrogen and oxygen atoms in total. The number of nitrogens with one attached hydrogen (secondary N) is 1. The molecule has 2 heterocycles. The Morgan fingerprint density at radius 1 is 1.39 bits per heavy atom. The monoisotopic (exact) mass is 248 g/mol. The Morgan fingerprint density at radius 2 is 2.11 bits per heavy atom. The highest BCUT2D eigenvalue weighted by Crippen LogP contribution is 2.09. The number of amides is 2. The second kappa shape index (κ2) is 5.57. The van der Waals surface area contributed by atoms with Gasteiger partial charge in [-0.1, -0.05) is 6.92 Å². The summed E-state index contributed by atoms with van der Waals surface area (Å²) in [5, 5.41) is 2.72. The zero-order valence-corrected chi connectivity index (χ0v) is 10.3. The normalized spacial score (nSPS) is 20.5. The summed E-state index contributed by atoms with van der Waals surface area (Å²) in [7, 11) is 0. The summed E-state index contributed by atoms with van der Waals surface area (Å²) in [6.07, 6.45) is 4.21. The lowest BCUT2D eigenvalue weighted by molar-refractivity contribution is -0.134. The van der Waals surface area contributed by atoms with Gasteiger partial charge in [0.15, 0.2) is 0 Å². The fraction of sp³-hybridized carbons (Fsp3) is 0.500. The molecule has 1 aliphatic heterocycles. The Morgan fingerprint density at radius 3 is 2.78 bits per heavy atom. The van der Waals surface area contributed by atoms with Gasteiger partial charge in [-0.15, -0.1) is 0 Å². The molecule has 0 radical (unpaired) electrons. The molecular weight excluding hydrogens is 232 g/mol. The lowest BCUT2D eigenvalue weighted by Gasteiger charge is -2.22. The average Bonchev–Trinajstić information content (AvgIpc) is 2.53. The van der Waals surface area contributed by atoms with Crippen LogP contribution in [0, 0.1) is 0 Å². The molecule has 1 aliphatic rings. The first-order valence-corrected chi connectivity index (χ1v) is 6.04. The molecule has 18 heavy (non-hydrogen) atoms. The van der Waals surface area contributed by atoms with Crippen LogP contribution in [0.2, 0.25) is 0 Å².